The maximum absolute atomic E-state index is 2.47. The van der Waals surface area contributed by atoms with Gasteiger partial charge in [0, 0.05) is 17.1 Å². The number of aryl methyl sites for hydroxylation is 2. The fourth-order valence-electron chi connectivity index (χ4n) is 5.80. The molecular formula is C32H41N. The largest absolute Gasteiger partial charge is 0.310 e. The molecule has 0 atom stereocenters. The van der Waals surface area contributed by atoms with Crippen LogP contribution in [0.15, 0.2) is 66.7 Å². The van der Waals surface area contributed by atoms with Gasteiger partial charge in [-0.3, -0.25) is 0 Å². The van der Waals surface area contributed by atoms with Crippen molar-refractivity contribution >= 4 is 17.1 Å². The average molecular weight is 440 g/mol. The highest BCUT2D eigenvalue weighted by molar-refractivity contribution is 5.77. The van der Waals surface area contributed by atoms with E-state index in [9.17, 15) is 0 Å². The van der Waals surface area contributed by atoms with E-state index >= 15 is 0 Å². The van der Waals surface area contributed by atoms with Crippen LogP contribution in [0.1, 0.15) is 77.6 Å². The summed E-state index contributed by atoms with van der Waals surface area (Å²) in [5.41, 5.74) is 9.47. The Kier molecular flexibility index (Phi) is 5.36. The van der Waals surface area contributed by atoms with Gasteiger partial charge in [0.15, 0.2) is 0 Å². The molecule has 0 unspecified atom stereocenters. The Bertz CT molecular complexity index is 1110. The summed E-state index contributed by atoms with van der Waals surface area (Å²) in [6.45, 7) is 23.9. The molecule has 3 aromatic carbocycles. The van der Waals surface area contributed by atoms with Crippen molar-refractivity contribution in [1.82, 2.24) is 0 Å². The predicted molar refractivity (Wildman–Crippen MR) is 144 cm³/mol. The van der Waals surface area contributed by atoms with Gasteiger partial charge in [0.2, 0.25) is 0 Å². The maximum atomic E-state index is 2.47. The normalized spacial score (nSPS) is 19.6. The van der Waals surface area contributed by atoms with Crippen LogP contribution in [0.2, 0.25) is 0 Å². The van der Waals surface area contributed by atoms with E-state index in [0.29, 0.717) is 0 Å². The van der Waals surface area contributed by atoms with Crippen LogP contribution in [0.4, 0.5) is 17.1 Å². The molecule has 0 spiro atoms. The van der Waals surface area contributed by atoms with Crippen molar-refractivity contribution in [2.45, 2.75) is 80.1 Å². The molecule has 0 aromatic heterocycles. The number of fused-ring (bicyclic) bond motifs is 1. The van der Waals surface area contributed by atoms with Crippen LogP contribution in [0.5, 0.6) is 0 Å². The van der Waals surface area contributed by atoms with E-state index in [1.807, 2.05) is 0 Å². The molecule has 0 amide bonds. The molecular weight excluding hydrogens is 398 g/mol. The van der Waals surface area contributed by atoms with Crippen LogP contribution >= 0.6 is 0 Å². The molecule has 1 aliphatic rings. The number of rotatable bonds is 3. The topological polar surface area (TPSA) is 3.24 Å². The Balaban J connectivity index is 1.97. The van der Waals surface area contributed by atoms with Crippen molar-refractivity contribution in [2.75, 3.05) is 4.90 Å². The third-order valence-corrected chi connectivity index (χ3v) is 9.88. The second-order valence-corrected chi connectivity index (χ2v) is 12.2. The van der Waals surface area contributed by atoms with E-state index in [4.69, 9.17) is 0 Å². The summed E-state index contributed by atoms with van der Waals surface area (Å²) in [5, 5.41) is 0. The van der Waals surface area contributed by atoms with Crippen LogP contribution in [0.25, 0.3) is 0 Å². The summed E-state index contributed by atoms with van der Waals surface area (Å²) in [5.74, 6) is 0. The van der Waals surface area contributed by atoms with Crippen molar-refractivity contribution in [3.05, 3.63) is 89.0 Å². The summed E-state index contributed by atoms with van der Waals surface area (Å²) in [6, 6.07) is 24.9. The SMILES string of the molecule is Cc1ccc(N(c2ccc(C)cc2)c2ccc3c(c2)C(C)(C)C(C)(C)C(C)(C)C3(C)C)cc1. The van der Waals surface area contributed by atoms with Crippen LogP contribution in [-0.4, -0.2) is 0 Å². The standard InChI is InChI=1S/C32H41N/c1-22-11-15-24(16-12-22)33(25-17-13-23(2)14-18-25)26-19-20-27-28(21-26)30(5,6)32(9,10)31(7,8)29(27,3)4/h11-21H,1-10H3. The molecule has 0 bridgehead atoms. The van der Waals surface area contributed by atoms with Gasteiger partial charge in [-0.25, -0.2) is 0 Å². The molecule has 0 saturated heterocycles. The zero-order chi connectivity index (χ0) is 24.4. The highest BCUT2D eigenvalue weighted by Crippen LogP contribution is 2.65. The van der Waals surface area contributed by atoms with Crippen molar-refractivity contribution in [3.8, 4) is 0 Å². The van der Waals surface area contributed by atoms with Gasteiger partial charge < -0.3 is 4.90 Å². The number of hydrogen-bond acceptors (Lipinski definition) is 1. The minimum atomic E-state index is 0.0313. The van der Waals surface area contributed by atoms with Crippen LogP contribution in [0.3, 0.4) is 0 Å². The van der Waals surface area contributed by atoms with Crippen LogP contribution < -0.4 is 4.90 Å². The lowest BCUT2D eigenvalue weighted by molar-refractivity contribution is -0.0441. The van der Waals surface area contributed by atoms with Gasteiger partial charge in [-0.1, -0.05) is 96.8 Å². The molecule has 1 nitrogen and oxygen atoms in total. The summed E-state index contributed by atoms with van der Waals surface area (Å²) in [6.07, 6.45) is 0. The average Bonchev–Trinajstić information content (AvgIpc) is 2.75. The fraction of sp³-hybridized carbons (Fsp3) is 0.438. The van der Waals surface area contributed by atoms with E-state index in [2.05, 4.69) is 141 Å². The second-order valence-electron chi connectivity index (χ2n) is 12.2. The van der Waals surface area contributed by atoms with E-state index in [1.165, 1.54) is 39.3 Å². The van der Waals surface area contributed by atoms with E-state index < -0.39 is 0 Å². The lowest BCUT2D eigenvalue weighted by Crippen LogP contribution is -2.59. The van der Waals surface area contributed by atoms with E-state index in [0.717, 1.165) is 0 Å². The summed E-state index contributed by atoms with van der Waals surface area (Å²) >= 11 is 0. The van der Waals surface area contributed by atoms with Crippen molar-refractivity contribution in [1.29, 1.82) is 0 Å². The predicted octanol–water partition coefficient (Wildman–Crippen LogP) is 9.39. The quantitative estimate of drug-likeness (QED) is 0.393. The minimum absolute atomic E-state index is 0.0313. The number of hydrogen-bond donors (Lipinski definition) is 0. The van der Waals surface area contributed by atoms with Gasteiger partial charge in [0.05, 0.1) is 0 Å². The Hall–Kier alpha value is -2.54. The Labute approximate surface area is 201 Å². The lowest BCUT2D eigenvalue weighted by Gasteiger charge is -2.64. The van der Waals surface area contributed by atoms with Crippen molar-refractivity contribution < 1.29 is 0 Å². The van der Waals surface area contributed by atoms with Crippen molar-refractivity contribution in [2.24, 2.45) is 10.8 Å². The van der Waals surface area contributed by atoms with Gasteiger partial charge in [-0.2, -0.15) is 0 Å². The highest BCUT2D eigenvalue weighted by atomic mass is 15.1. The van der Waals surface area contributed by atoms with E-state index in [-0.39, 0.29) is 21.7 Å². The molecule has 0 radical (unpaired) electrons. The summed E-state index contributed by atoms with van der Waals surface area (Å²) in [4.78, 5) is 2.40. The molecule has 1 heteroatoms. The van der Waals surface area contributed by atoms with Gasteiger partial charge in [-0.15, -0.1) is 0 Å². The first-order valence-electron chi connectivity index (χ1n) is 12.3. The number of benzene rings is 3. The summed E-state index contributed by atoms with van der Waals surface area (Å²) < 4.78 is 0. The van der Waals surface area contributed by atoms with Gasteiger partial charge in [0.25, 0.3) is 0 Å². The third-order valence-electron chi connectivity index (χ3n) is 9.88. The highest BCUT2D eigenvalue weighted by Gasteiger charge is 2.60. The van der Waals surface area contributed by atoms with E-state index in [1.54, 1.807) is 0 Å². The van der Waals surface area contributed by atoms with Crippen molar-refractivity contribution in [3.63, 3.8) is 0 Å². The molecule has 0 heterocycles. The molecule has 0 aliphatic heterocycles. The fourth-order valence-corrected chi connectivity index (χ4v) is 5.80. The molecule has 33 heavy (non-hydrogen) atoms. The Morgan fingerprint density at radius 2 is 0.818 bits per heavy atom. The van der Waals surface area contributed by atoms with Gasteiger partial charge in [-0.05, 0) is 83.0 Å². The third kappa shape index (κ3) is 3.35. The maximum Gasteiger partial charge on any atom is 0.0464 e. The first-order chi connectivity index (χ1) is 15.2. The molecule has 174 valence electrons. The Morgan fingerprint density at radius 1 is 0.455 bits per heavy atom. The molecule has 0 fully saturated rings. The molecule has 3 aromatic rings. The minimum Gasteiger partial charge on any atom is -0.310 e. The van der Waals surface area contributed by atoms with Crippen LogP contribution in [-0.2, 0) is 10.8 Å². The smallest absolute Gasteiger partial charge is 0.0464 e. The van der Waals surface area contributed by atoms with Gasteiger partial charge in [0.1, 0.15) is 0 Å². The second kappa shape index (κ2) is 7.49. The molecule has 1 aliphatic carbocycles. The number of nitrogens with zero attached hydrogens (tertiary/aromatic N) is 1. The monoisotopic (exact) mass is 439 g/mol. The molecule has 4 rings (SSSR count). The molecule has 0 N–H and O–H groups in total. The zero-order valence-electron chi connectivity index (χ0n) is 22.3. The Morgan fingerprint density at radius 3 is 1.24 bits per heavy atom. The summed E-state index contributed by atoms with van der Waals surface area (Å²) in [7, 11) is 0. The van der Waals surface area contributed by atoms with Gasteiger partial charge >= 0.3 is 0 Å². The first kappa shape index (κ1) is 23.6. The zero-order valence-corrected chi connectivity index (χ0v) is 22.3. The lowest BCUT2D eigenvalue weighted by atomic mass is 9.40. The number of anilines is 3. The molecule has 0 saturated carbocycles. The van der Waals surface area contributed by atoms with Crippen LogP contribution in [0, 0.1) is 24.7 Å². The first-order valence-corrected chi connectivity index (χ1v) is 12.3.